The lowest BCUT2D eigenvalue weighted by molar-refractivity contribution is 0.0715. The first-order valence-electron chi connectivity index (χ1n) is 9.18. The molecule has 2 aliphatic rings. The van der Waals surface area contributed by atoms with Crippen molar-refractivity contribution in [3.63, 3.8) is 0 Å². The number of ketones is 1. The summed E-state index contributed by atoms with van der Waals surface area (Å²) < 4.78 is 23.2. The first-order chi connectivity index (χ1) is 12.9. The number of benzene rings is 2. The molecule has 0 N–H and O–H groups in total. The Hall–Kier alpha value is -2.69. The molecule has 5 nitrogen and oxygen atoms in total. The number of carbonyl (C=O) groups excluding carboxylic acids is 1. The summed E-state index contributed by atoms with van der Waals surface area (Å²) in [4.78, 5) is 13.0. The molecule has 1 unspecified atom stereocenters. The minimum Gasteiger partial charge on any atom is -0.497 e. The molecule has 2 aromatic carbocycles. The van der Waals surface area contributed by atoms with E-state index in [-0.39, 0.29) is 23.9 Å². The van der Waals surface area contributed by atoms with Gasteiger partial charge in [-0.05, 0) is 44.4 Å². The van der Waals surface area contributed by atoms with Gasteiger partial charge in [-0.3, -0.25) is 4.79 Å². The standard InChI is InChI=1S/C22H24O5/c1-22(2)10-9-15-18(25-4)12-19-20(21(15)27-22)16(23)11-17(26-19)13-5-7-14(24-3)8-6-13/h5-8,12,17H,9-11H2,1-4H3. The highest BCUT2D eigenvalue weighted by Crippen LogP contribution is 2.49. The highest BCUT2D eigenvalue weighted by atomic mass is 16.5. The minimum atomic E-state index is -0.338. The van der Waals surface area contributed by atoms with Crippen LogP contribution in [0.2, 0.25) is 0 Å². The normalized spacial score (nSPS) is 20.0. The van der Waals surface area contributed by atoms with Crippen LogP contribution in [0.15, 0.2) is 30.3 Å². The Bertz CT molecular complexity index is 883. The van der Waals surface area contributed by atoms with E-state index >= 15 is 0 Å². The smallest absolute Gasteiger partial charge is 0.174 e. The maximum atomic E-state index is 13.0. The number of ether oxygens (including phenoxy) is 4. The van der Waals surface area contributed by atoms with Crippen molar-refractivity contribution in [2.45, 2.75) is 44.8 Å². The minimum absolute atomic E-state index is 0.0358. The van der Waals surface area contributed by atoms with Crippen molar-refractivity contribution in [1.82, 2.24) is 0 Å². The molecule has 0 aromatic heterocycles. The zero-order valence-electron chi connectivity index (χ0n) is 16.1. The Balaban J connectivity index is 1.75. The van der Waals surface area contributed by atoms with Gasteiger partial charge >= 0.3 is 0 Å². The van der Waals surface area contributed by atoms with Gasteiger partial charge < -0.3 is 18.9 Å². The lowest BCUT2D eigenvalue weighted by Crippen LogP contribution is -2.34. The van der Waals surface area contributed by atoms with Crippen molar-refractivity contribution in [3.05, 3.63) is 47.0 Å². The maximum absolute atomic E-state index is 13.0. The SMILES string of the molecule is COc1ccc(C2CC(=O)c3c(cc(OC)c4c3OC(C)(C)CC4)O2)cc1. The van der Waals surface area contributed by atoms with E-state index in [2.05, 4.69) is 0 Å². The Morgan fingerprint density at radius 2 is 1.85 bits per heavy atom. The van der Waals surface area contributed by atoms with Gasteiger partial charge in [-0.25, -0.2) is 0 Å². The van der Waals surface area contributed by atoms with Crippen molar-refractivity contribution in [2.75, 3.05) is 14.2 Å². The molecule has 0 spiro atoms. The van der Waals surface area contributed by atoms with Crippen LogP contribution in [0.1, 0.15) is 54.3 Å². The molecule has 0 aliphatic carbocycles. The highest BCUT2D eigenvalue weighted by Gasteiger charge is 2.38. The monoisotopic (exact) mass is 368 g/mol. The zero-order valence-corrected chi connectivity index (χ0v) is 16.1. The first-order valence-corrected chi connectivity index (χ1v) is 9.18. The lowest BCUT2D eigenvalue weighted by atomic mass is 9.88. The van der Waals surface area contributed by atoms with Gasteiger partial charge in [-0.15, -0.1) is 0 Å². The number of methoxy groups -OCH3 is 2. The van der Waals surface area contributed by atoms with Gasteiger partial charge in [0, 0.05) is 11.6 Å². The summed E-state index contributed by atoms with van der Waals surface area (Å²) in [6.45, 7) is 4.08. The third-order valence-electron chi connectivity index (χ3n) is 5.29. The molecule has 5 heteroatoms. The molecule has 2 heterocycles. The highest BCUT2D eigenvalue weighted by molar-refractivity contribution is 6.03. The van der Waals surface area contributed by atoms with Crippen LogP contribution in [0, 0.1) is 0 Å². The molecular formula is C22H24O5. The van der Waals surface area contributed by atoms with E-state index in [4.69, 9.17) is 18.9 Å². The fourth-order valence-electron chi connectivity index (χ4n) is 3.76. The molecule has 0 saturated carbocycles. The van der Waals surface area contributed by atoms with Gasteiger partial charge in [0.05, 0.1) is 20.6 Å². The molecule has 2 aliphatic heterocycles. The van der Waals surface area contributed by atoms with E-state index in [0.29, 0.717) is 22.8 Å². The van der Waals surface area contributed by atoms with Crippen LogP contribution < -0.4 is 18.9 Å². The molecule has 4 rings (SSSR count). The van der Waals surface area contributed by atoms with Crippen molar-refractivity contribution in [3.8, 4) is 23.0 Å². The number of hydrogen-bond acceptors (Lipinski definition) is 5. The second-order valence-electron chi connectivity index (χ2n) is 7.63. The molecule has 0 fully saturated rings. The van der Waals surface area contributed by atoms with Gasteiger partial charge in [-0.1, -0.05) is 12.1 Å². The molecular weight excluding hydrogens is 344 g/mol. The van der Waals surface area contributed by atoms with E-state index < -0.39 is 0 Å². The summed E-state index contributed by atoms with van der Waals surface area (Å²) in [5, 5.41) is 0. The average molecular weight is 368 g/mol. The van der Waals surface area contributed by atoms with E-state index in [1.165, 1.54) is 0 Å². The van der Waals surface area contributed by atoms with Crippen LogP contribution in [-0.4, -0.2) is 25.6 Å². The van der Waals surface area contributed by atoms with Gasteiger partial charge in [0.1, 0.15) is 40.3 Å². The Morgan fingerprint density at radius 3 is 2.52 bits per heavy atom. The van der Waals surface area contributed by atoms with Crippen LogP contribution >= 0.6 is 0 Å². The van der Waals surface area contributed by atoms with Crippen LogP contribution in [0.4, 0.5) is 0 Å². The zero-order chi connectivity index (χ0) is 19.2. The van der Waals surface area contributed by atoms with E-state index in [0.717, 1.165) is 29.7 Å². The van der Waals surface area contributed by atoms with Gasteiger partial charge in [0.25, 0.3) is 0 Å². The molecule has 0 bridgehead atoms. The molecule has 142 valence electrons. The summed E-state index contributed by atoms with van der Waals surface area (Å²) in [6.07, 6.45) is 1.63. The second kappa shape index (κ2) is 6.48. The number of carbonyl (C=O) groups is 1. The molecule has 0 radical (unpaired) electrons. The lowest BCUT2D eigenvalue weighted by Gasteiger charge is -2.36. The van der Waals surface area contributed by atoms with Crippen molar-refractivity contribution in [1.29, 1.82) is 0 Å². The summed E-state index contributed by atoms with van der Waals surface area (Å²) in [6, 6.07) is 9.42. The topological polar surface area (TPSA) is 54.0 Å². The van der Waals surface area contributed by atoms with E-state index in [9.17, 15) is 4.79 Å². The number of hydrogen-bond donors (Lipinski definition) is 0. The van der Waals surface area contributed by atoms with E-state index in [1.54, 1.807) is 14.2 Å². The second-order valence-corrected chi connectivity index (χ2v) is 7.63. The van der Waals surface area contributed by atoms with Crippen LogP contribution in [0.3, 0.4) is 0 Å². The predicted molar refractivity (Wildman–Crippen MR) is 101 cm³/mol. The molecule has 0 amide bonds. The molecule has 2 aromatic rings. The Kier molecular flexibility index (Phi) is 4.25. The Morgan fingerprint density at radius 1 is 1.11 bits per heavy atom. The van der Waals surface area contributed by atoms with Crippen LogP contribution in [0.5, 0.6) is 23.0 Å². The molecule has 27 heavy (non-hydrogen) atoms. The average Bonchev–Trinajstić information content (AvgIpc) is 2.66. The summed E-state index contributed by atoms with van der Waals surface area (Å²) in [5.41, 5.74) is 2.12. The fraction of sp³-hybridized carbons (Fsp3) is 0.409. The van der Waals surface area contributed by atoms with Gasteiger partial charge in [0.2, 0.25) is 0 Å². The third kappa shape index (κ3) is 3.11. The number of fused-ring (bicyclic) bond motifs is 3. The fourth-order valence-corrected chi connectivity index (χ4v) is 3.76. The van der Waals surface area contributed by atoms with E-state index in [1.807, 2.05) is 44.2 Å². The quantitative estimate of drug-likeness (QED) is 0.798. The largest absolute Gasteiger partial charge is 0.497 e. The van der Waals surface area contributed by atoms with Crippen molar-refractivity contribution >= 4 is 5.78 Å². The molecule has 1 atom stereocenters. The van der Waals surface area contributed by atoms with Crippen molar-refractivity contribution in [2.24, 2.45) is 0 Å². The van der Waals surface area contributed by atoms with Crippen molar-refractivity contribution < 1.29 is 23.7 Å². The van der Waals surface area contributed by atoms with Crippen LogP contribution in [-0.2, 0) is 6.42 Å². The van der Waals surface area contributed by atoms with Gasteiger partial charge in [0.15, 0.2) is 5.78 Å². The predicted octanol–water partition coefficient (Wildman–Crippen LogP) is 4.51. The van der Waals surface area contributed by atoms with Gasteiger partial charge in [-0.2, -0.15) is 0 Å². The maximum Gasteiger partial charge on any atom is 0.174 e. The Labute approximate surface area is 159 Å². The third-order valence-corrected chi connectivity index (χ3v) is 5.29. The summed E-state index contributed by atoms with van der Waals surface area (Å²) in [7, 11) is 3.26. The molecule has 0 saturated heterocycles. The van der Waals surface area contributed by atoms with Crippen LogP contribution in [0.25, 0.3) is 0 Å². The number of rotatable bonds is 3. The first kappa shape index (κ1) is 17.7. The summed E-state index contributed by atoms with van der Waals surface area (Å²) >= 11 is 0. The number of Topliss-reactive ketones (excluding diaryl/α,β-unsaturated/α-hetero) is 1. The summed E-state index contributed by atoms with van der Waals surface area (Å²) in [5.74, 6) is 2.67.